The first-order chi connectivity index (χ1) is 13.7. The van der Waals surface area contributed by atoms with Crippen molar-refractivity contribution in [2.45, 2.75) is 64.1 Å². The molecule has 156 valence electrons. The van der Waals surface area contributed by atoms with Gasteiger partial charge >= 0.3 is 0 Å². The van der Waals surface area contributed by atoms with Crippen molar-refractivity contribution in [1.29, 1.82) is 0 Å². The van der Waals surface area contributed by atoms with E-state index in [1.165, 1.54) is 28.5 Å². The van der Waals surface area contributed by atoms with Gasteiger partial charge in [-0.1, -0.05) is 35.0 Å². The Balaban J connectivity index is 2.14. The lowest BCUT2D eigenvalue weighted by molar-refractivity contribution is -0.128. The molecule has 1 fully saturated rings. The van der Waals surface area contributed by atoms with Crippen LogP contribution in [0.1, 0.15) is 68.5 Å². The summed E-state index contributed by atoms with van der Waals surface area (Å²) in [5.74, 6) is -1.55. The Morgan fingerprint density at radius 2 is 2.00 bits per heavy atom. The van der Waals surface area contributed by atoms with Crippen LogP contribution in [0.2, 0.25) is 5.02 Å². The maximum absolute atomic E-state index is 14.9. The van der Waals surface area contributed by atoms with Crippen LogP contribution in [0, 0.1) is 5.82 Å². The fourth-order valence-electron chi connectivity index (χ4n) is 3.67. The van der Waals surface area contributed by atoms with Crippen LogP contribution in [-0.4, -0.2) is 37.9 Å². The lowest BCUT2D eigenvalue weighted by atomic mass is 9.98. The molecule has 3 rings (SSSR count). The van der Waals surface area contributed by atoms with Gasteiger partial charge in [-0.25, -0.2) is 4.39 Å². The van der Waals surface area contributed by atoms with Gasteiger partial charge in [-0.05, 0) is 57.3 Å². The third kappa shape index (κ3) is 4.93. The summed E-state index contributed by atoms with van der Waals surface area (Å²) < 4.78 is 18.7. The van der Waals surface area contributed by atoms with Gasteiger partial charge in [0.05, 0.1) is 0 Å². The van der Waals surface area contributed by atoms with E-state index in [0.717, 1.165) is 37.2 Å². The van der Waals surface area contributed by atoms with Gasteiger partial charge in [0, 0.05) is 27.5 Å². The van der Waals surface area contributed by atoms with Crippen LogP contribution < -0.4 is 5.32 Å². The summed E-state index contributed by atoms with van der Waals surface area (Å²) in [4.78, 5) is 28.2. The molecule has 9 heteroatoms. The quantitative estimate of drug-likeness (QED) is 0.752. The minimum Gasteiger partial charge on any atom is -0.349 e. The maximum Gasteiger partial charge on any atom is 0.276 e. The Morgan fingerprint density at radius 3 is 2.55 bits per heavy atom. The van der Waals surface area contributed by atoms with Crippen LogP contribution in [0.15, 0.2) is 23.6 Å². The van der Waals surface area contributed by atoms with Crippen molar-refractivity contribution in [2.75, 3.05) is 0 Å². The number of benzene rings is 1. The van der Waals surface area contributed by atoms with E-state index in [4.69, 9.17) is 11.6 Å². The Kier molecular flexibility index (Phi) is 6.53. The van der Waals surface area contributed by atoms with Gasteiger partial charge in [0.15, 0.2) is 5.69 Å². The van der Waals surface area contributed by atoms with Crippen molar-refractivity contribution in [3.63, 3.8) is 0 Å². The first kappa shape index (κ1) is 21.6. The second-order valence-corrected chi connectivity index (χ2v) is 9.23. The van der Waals surface area contributed by atoms with E-state index in [1.54, 1.807) is 0 Å². The number of aromatic nitrogens is 2. The zero-order chi connectivity index (χ0) is 21.2. The fraction of sp³-hybridized carbons (Fsp3) is 0.500. The molecule has 1 N–H and O–H groups in total. The normalized spacial score (nSPS) is 15.9. The number of hydrogen-bond acceptors (Lipinski definition) is 5. The molecule has 0 bridgehead atoms. The molecule has 2 aromatic rings. The molecule has 1 aromatic heterocycles. The number of rotatable bonds is 5. The minimum absolute atomic E-state index is 0.000597. The SMILES string of the molecule is CC(C)(C)NC(=O)[C@@H](c1c(F)cccc1Cl)N(C(=O)c1csnn1)C1CCCC1. The zero-order valence-electron chi connectivity index (χ0n) is 16.6. The van der Waals surface area contributed by atoms with Crippen molar-refractivity contribution in [2.24, 2.45) is 0 Å². The highest BCUT2D eigenvalue weighted by atomic mass is 35.5. The first-order valence-corrected chi connectivity index (χ1v) is 10.8. The molecule has 1 aromatic carbocycles. The number of nitrogens with zero attached hydrogens (tertiary/aromatic N) is 3. The van der Waals surface area contributed by atoms with Gasteiger partial charge in [0.25, 0.3) is 5.91 Å². The molecule has 0 radical (unpaired) electrons. The molecule has 0 unspecified atom stereocenters. The largest absolute Gasteiger partial charge is 0.349 e. The molecule has 1 saturated carbocycles. The Morgan fingerprint density at radius 1 is 1.31 bits per heavy atom. The van der Waals surface area contributed by atoms with Crippen LogP contribution >= 0.6 is 23.1 Å². The Bertz CT molecular complexity index is 859. The molecule has 1 aliphatic carbocycles. The molecule has 29 heavy (non-hydrogen) atoms. The van der Waals surface area contributed by atoms with Crippen molar-refractivity contribution in [1.82, 2.24) is 19.8 Å². The average Bonchev–Trinajstić information content (AvgIpc) is 3.32. The van der Waals surface area contributed by atoms with Gasteiger partial charge in [0.1, 0.15) is 11.9 Å². The van der Waals surface area contributed by atoms with E-state index < -0.39 is 29.2 Å². The highest BCUT2D eigenvalue weighted by Crippen LogP contribution is 2.37. The smallest absolute Gasteiger partial charge is 0.276 e. The molecule has 0 saturated heterocycles. The van der Waals surface area contributed by atoms with Gasteiger partial charge in [-0.15, -0.1) is 5.10 Å². The summed E-state index contributed by atoms with van der Waals surface area (Å²) in [6.45, 7) is 5.49. The summed E-state index contributed by atoms with van der Waals surface area (Å²) in [6.07, 6.45) is 3.33. The number of amides is 2. The van der Waals surface area contributed by atoms with Crippen LogP contribution in [0.4, 0.5) is 4.39 Å². The number of hydrogen-bond donors (Lipinski definition) is 1. The number of halogens is 2. The van der Waals surface area contributed by atoms with E-state index in [9.17, 15) is 14.0 Å². The van der Waals surface area contributed by atoms with Crippen LogP contribution in [-0.2, 0) is 4.79 Å². The lowest BCUT2D eigenvalue weighted by Gasteiger charge is -2.37. The summed E-state index contributed by atoms with van der Waals surface area (Å²) in [5.41, 5.74) is -0.429. The summed E-state index contributed by atoms with van der Waals surface area (Å²) >= 11 is 7.39. The van der Waals surface area contributed by atoms with Gasteiger partial charge < -0.3 is 10.2 Å². The summed E-state index contributed by atoms with van der Waals surface area (Å²) in [5, 5.41) is 8.40. The minimum atomic E-state index is -1.21. The average molecular weight is 439 g/mol. The van der Waals surface area contributed by atoms with E-state index in [2.05, 4.69) is 14.9 Å². The number of nitrogens with one attached hydrogen (secondary N) is 1. The zero-order valence-corrected chi connectivity index (χ0v) is 18.2. The number of carbonyl (C=O) groups is 2. The van der Waals surface area contributed by atoms with Crippen molar-refractivity contribution in [3.05, 3.63) is 45.7 Å². The maximum atomic E-state index is 14.9. The van der Waals surface area contributed by atoms with Crippen LogP contribution in [0.5, 0.6) is 0 Å². The van der Waals surface area contributed by atoms with Gasteiger partial charge in [-0.3, -0.25) is 9.59 Å². The highest BCUT2D eigenvalue weighted by Gasteiger charge is 2.41. The molecule has 0 spiro atoms. The number of carbonyl (C=O) groups excluding carboxylic acids is 2. The Labute approximate surface area is 178 Å². The molecule has 1 aliphatic rings. The molecule has 1 atom stereocenters. The highest BCUT2D eigenvalue weighted by molar-refractivity contribution is 7.03. The third-order valence-electron chi connectivity index (χ3n) is 4.83. The fourth-order valence-corrected chi connectivity index (χ4v) is 4.37. The second-order valence-electron chi connectivity index (χ2n) is 8.22. The summed E-state index contributed by atoms with van der Waals surface area (Å²) in [6, 6.07) is 2.83. The predicted molar refractivity (Wildman–Crippen MR) is 110 cm³/mol. The third-order valence-corrected chi connectivity index (χ3v) is 5.66. The molecule has 1 heterocycles. The monoisotopic (exact) mass is 438 g/mol. The first-order valence-electron chi connectivity index (χ1n) is 9.54. The molecular formula is C20H24ClFN4O2S. The predicted octanol–water partition coefficient (Wildman–Crippen LogP) is 4.37. The van der Waals surface area contributed by atoms with Crippen molar-refractivity contribution in [3.8, 4) is 0 Å². The Hall–Kier alpha value is -2.06. The standard InChI is InChI=1S/C20H24ClFN4O2S/c1-20(2,3)23-18(27)17(16-13(21)9-6-10-14(16)22)26(12-7-4-5-8-12)19(28)15-11-29-25-24-15/h6,9-12,17H,4-5,7-8H2,1-3H3,(H,23,27)/t17-/m1/s1. The van der Waals surface area contributed by atoms with Gasteiger partial charge in [0.2, 0.25) is 5.91 Å². The van der Waals surface area contributed by atoms with E-state index in [0.29, 0.717) is 0 Å². The van der Waals surface area contributed by atoms with Crippen LogP contribution in [0.3, 0.4) is 0 Å². The molecule has 6 nitrogen and oxygen atoms in total. The molecule has 0 aliphatic heterocycles. The lowest BCUT2D eigenvalue weighted by Crippen LogP contribution is -2.52. The van der Waals surface area contributed by atoms with Crippen molar-refractivity contribution < 1.29 is 14.0 Å². The van der Waals surface area contributed by atoms with E-state index >= 15 is 0 Å². The van der Waals surface area contributed by atoms with Crippen molar-refractivity contribution >= 4 is 34.9 Å². The van der Waals surface area contributed by atoms with Gasteiger partial charge in [-0.2, -0.15) is 0 Å². The summed E-state index contributed by atoms with van der Waals surface area (Å²) in [7, 11) is 0. The topological polar surface area (TPSA) is 75.2 Å². The second kappa shape index (κ2) is 8.75. The van der Waals surface area contributed by atoms with E-state index in [1.807, 2.05) is 20.8 Å². The van der Waals surface area contributed by atoms with E-state index in [-0.39, 0.29) is 22.3 Å². The molecular weight excluding hydrogens is 415 g/mol. The molecule has 2 amide bonds. The van der Waals surface area contributed by atoms with Crippen LogP contribution in [0.25, 0.3) is 0 Å².